The minimum absolute atomic E-state index is 0. The first-order valence-electron chi connectivity index (χ1n) is 8.22. The Bertz CT molecular complexity index is 637. The number of carbonyl (C=O) groups excluding carboxylic acids is 1. The van der Waals surface area contributed by atoms with Gasteiger partial charge in [0.1, 0.15) is 5.76 Å². The molecule has 1 amide bonds. The van der Waals surface area contributed by atoms with Crippen LogP contribution in [-0.2, 0) is 6.54 Å². The van der Waals surface area contributed by atoms with Crippen molar-refractivity contribution in [3.63, 3.8) is 0 Å². The summed E-state index contributed by atoms with van der Waals surface area (Å²) in [6.07, 6.45) is 4.81. The van der Waals surface area contributed by atoms with E-state index in [4.69, 9.17) is 4.42 Å². The van der Waals surface area contributed by atoms with E-state index < -0.39 is 0 Å². The van der Waals surface area contributed by atoms with Gasteiger partial charge in [-0.15, -0.1) is 12.4 Å². The first kappa shape index (κ1) is 18.5. The highest BCUT2D eigenvalue weighted by atomic mass is 35.5. The van der Waals surface area contributed by atoms with Crippen LogP contribution in [0.4, 0.5) is 0 Å². The second kappa shape index (κ2) is 8.85. The molecule has 0 aromatic carbocycles. The maximum Gasteiger partial charge on any atom is 0.290 e. The third kappa shape index (κ3) is 4.58. The van der Waals surface area contributed by atoms with Crippen LogP contribution in [0.15, 0.2) is 40.9 Å². The molecule has 1 unspecified atom stereocenters. The molecule has 6 heteroatoms. The molecule has 1 saturated heterocycles. The first-order chi connectivity index (χ1) is 11.2. The molecule has 2 aromatic rings. The number of amides is 1. The highest BCUT2D eigenvalue weighted by Gasteiger charge is 2.27. The van der Waals surface area contributed by atoms with Crippen LogP contribution < -0.4 is 5.32 Å². The Hall–Kier alpha value is -1.85. The SMILES string of the molecule is Cc1ccc(C(=O)N(Cc2ccccn2)C2CCCNCC2)o1.Cl. The molecule has 130 valence electrons. The summed E-state index contributed by atoms with van der Waals surface area (Å²) in [6.45, 7) is 4.33. The van der Waals surface area contributed by atoms with Crippen LogP contribution in [0.5, 0.6) is 0 Å². The molecule has 3 rings (SSSR count). The third-order valence-electron chi connectivity index (χ3n) is 4.26. The van der Waals surface area contributed by atoms with Crippen molar-refractivity contribution in [3.05, 3.63) is 53.7 Å². The Morgan fingerprint density at radius 1 is 1.29 bits per heavy atom. The van der Waals surface area contributed by atoms with Gasteiger partial charge in [0, 0.05) is 12.2 Å². The fourth-order valence-corrected chi connectivity index (χ4v) is 3.04. The molecule has 5 nitrogen and oxygen atoms in total. The van der Waals surface area contributed by atoms with E-state index in [1.165, 1.54) is 0 Å². The molecule has 2 aromatic heterocycles. The number of aryl methyl sites for hydroxylation is 1. The monoisotopic (exact) mass is 349 g/mol. The minimum Gasteiger partial charge on any atom is -0.456 e. The molecule has 0 saturated carbocycles. The van der Waals surface area contributed by atoms with Gasteiger partial charge in [0.15, 0.2) is 5.76 Å². The van der Waals surface area contributed by atoms with Gasteiger partial charge in [-0.2, -0.15) is 0 Å². The lowest BCUT2D eigenvalue weighted by molar-refractivity contribution is 0.0608. The Morgan fingerprint density at radius 3 is 2.88 bits per heavy atom. The van der Waals surface area contributed by atoms with Gasteiger partial charge in [0.05, 0.1) is 12.2 Å². The van der Waals surface area contributed by atoms with Crippen LogP contribution >= 0.6 is 12.4 Å². The van der Waals surface area contributed by atoms with Gasteiger partial charge in [-0.05, 0) is 63.5 Å². The molecule has 1 atom stereocenters. The van der Waals surface area contributed by atoms with Crippen molar-refractivity contribution in [2.75, 3.05) is 13.1 Å². The number of nitrogens with one attached hydrogen (secondary N) is 1. The number of pyridine rings is 1. The second-order valence-corrected chi connectivity index (χ2v) is 6.00. The largest absolute Gasteiger partial charge is 0.456 e. The zero-order valence-electron chi connectivity index (χ0n) is 13.9. The van der Waals surface area contributed by atoms with Gasteiger partial charge in [-0.1, -0.05) is 6.07 Å². The smallest absolute Gasteiger partial charge is 0.290 e. The fraction of sp³-hybridized carbons (Fsp3) is 0.444. The number of nitrogens with zero attached hydrogens (tertiary/aromatic N) is 2. The number of rotatable bonds is 4. The molecular weight excluding hydrogens is 326 g/mol. The number of halogens is 1. The number of aromatic nitrogens is 1. The van der Waals surface area contributed by atoms with E-state index >= 15 is 0 Å². The van der Waals surface area contributed by atoms with Gasteiger partial charge in [-0.25, -0.2) is 0 Å². The summed E-state index contributed by atoms with van der Waals surface area (Å²) in [5.74, 6) is 1.12. The van der Waals surface area contributed by atoms with Crippen molar-refractivity contribution in [2.24, 2.45) is 0 Å². The van der Waals surface area contributed by atoms with E-state index in [0.29, 0.717) is 12.3 Å². The first-order valence-corrected chi connectivity index (χ1v) is 8.22. The van der Waals surface area contributed by atoms with Crippen LogP contribution in [0.1, 0.15) is 41.3 Å². The summed E-state index contributed by atoms with van der Waals surface area (Å²) >= 11 is 0. The topological polar surface area (TPSA) is 58.4 Å². The van der Waals surface area contributed by atoms with Crippen molar-refractivity contribution in [1.82, 2.24) is 15.2 Å². The van der Waals surface area contributed by atoms with E-state index in [2.05, 4.69) is 10.3 Å². The van der Waals surface area contributed by atoms with Crippen LogP contribution in [-0.4, -0.2) is 34.9 Å². The summed E-state index contributed by atoms with van der Waals surface area (Å²) in [5, 5.41) is 3.40. The van der Waals surface area contributed by atoms with Crippen LogP contribution in [0.25, 0.3) is 0 Å². The Kier molecular flexibility index (Phi) is 6.82. The van der Waals surface area contributed by atoms with Gasteiger partial charge in [0.2, 0.25) is 0 Å². The molecule has 1 N–H and O–H groups in total. The van der Waals surface area contributed by atoms with Crippen LogP contribution in [0.2, 0.25) is 0 Å². The Labute approximate surface area is 148 Å². The summed E-state index contributed by atoms with van der Waals surface area (Å²) in [5.41, 5.74) is 0.904. The standard InChI is InChI=1S/C18H23N3O2.ClH/c1-14-7-8-17(23-14)18(22)21(13-15-5-2-3-11-20-15)16-6-4-10-19-12-9-16;/h2-3,5,7-8,11,16,19H,4,6,9-10,12-13H2,1H3;1H. The second-order valence-electron chi connectivity index (χ2n) is 6.00. The lowest BCUT2D eigenvalue weighted by Gasteiger charge is -2.30. The molecule has 1 fully saturated rings. The molecule has 1 aliphatic rings. The number of hydrogen-bond donors (Lipinski definition) is 1. The molecule has 0 radical (unpaired) electrons. The van der Waals surface area contributed by atoms with Crippen molar-refractivity contribution in [1.29, 1.82) is 0 Å². The molecule has 24 heavy (non-hydrogen) atoms. The van der Waals surface area contributed by atoms with E-state index in [-0.39, 0.29) is 24.4 Å². The van der Waals surface area contributed by atoms with Crippen molar-refractivity contribution in [3.8, 4) is 0 Å². The summed E-state index contributed by atoms with van der Waals surface area (Å²) in [6, 6.07) is 9.61. The predicted octanol–water partition coefficient (Wildman–Crippen LogP) is 3.19. The Balaban J connectivity index is 0.00000208. The Morgan fingerprint density at radius 2 is 2.17 bits per heavy atom. The average Bonchev–Trinajstić information content (AvgIpc) is 2.84. The summed E-state index contributed by atoms with van der Waals surface area (Å²) < 4.78 is 5.56. The van der Waals surface area contributed by atoms with Crippen molar-refractivity contribution in [2.45, 2.75) is 38.8 Å². The summed E-state index contributed by atoms with van der Waals surface area (Å²) in [4.78, 5) is 19.3. The van der Waals surface area contributed by atoms with Gasteiger partial charge in [-0.3, -0.25) is 9.78 Å². The average molecular weight is 350 g/mol. The molecule has 3 heterocycles. The van der Waals surface area contributed by atoms with Crippen LogP contribution in [0.3, 0.4) is 0 Å². The number of hydrogen-bond acceptors (Lipinski definition) is 4. The maximum atomic E-state index is 13.0. The number of carbonyl (C=O) groups is 1. The lowest BCUT2D eigenvalue weighted by Crippen LogP contribution is -2.40. The number of furan rings is 1. The van der Waals surface area contributed by atoms with E-state index in [1.54, 1.807) is 12.3 Å². The maximum absolute atomic E-state index is 13.0. The molecule has 0 spiro atoms. The van der Waals surface area contributed by atoms with E-state index in [0.717, 1.165) is 43.8 Å². The van der Waals surface area contributed by atoms with Gasteiger partial charge in [0.25, 0.3) is 5.91 Å². The van der Waals surface area contributed by atoms with Gasteiger partial charge >= 0.3 is 0 Å². The highest BCUT2D eigenvalue weighted by molar-refractivity contribution is 5.91. The highest BCUT2D eigenvalue weighted by Crippen LogP contribution is 2.20. The van der Waals surface area contributed by atoms with Crippen LogP contribution in [0, 0.1) is 6.92 Å². The molecule has 0 bridgehead atoms. The third-order valence-corrected chi connectivity index (χ3v) is 4.26. The fourth-order valence-electron chi connectivity index (χ4n) is 3.04. The zero-order valence-corrected chi connectivity index (χ0v) is 14.7. The molecule has 0 aliphatic carbocycles. The van der Waals surface area contributed by atoms with E-state index in [1.807, 2.05) is 36.1 Å². The molecular formula is C18H24ClN3O2. The van der Waals surface area contributed by atoms with E-state index in [9.17, 15) is 4.79 Å². The normalized spacial score (nSPS) is 17.6. The summed E-state index contributed by atoms with van der Waals surface area (Å²) in [7, 11) is 0. The minimum atomic E-state index is -0.0457. The van der Waals surface area contributed by atoms with Gasteiger partial charge < -0.3 is 14.6 Å². The molecule has 1 aliphatic heterocycles. The van der Waals surface area contributed by atoms with Crippen molar-refractivity contribution < 1.29 is 9.21 Å². The van der Waals surface area contributed by atoms with Crippen molar-refractivity contribution >= 4 is 18.3 Å². The predicted molar refractivity (Wildman–Crippen MR) is 95.3 cm³/mol. The zero-order chi connectivity index (χ0) is 16.1. The quantitative estimate of drug-likeness (QED) is 0.921. The lowest BCUT2D eigenvalue weighted by atomic mass is 10.1.